The van der Waals surface area contributed by atoms with Crippen LogP contribution in [0.3, 0.4) is 0 Å². The van der Waals surface area contributed by atoms with Gasteiger partial charge in [-0.1, -0.05) is 18.2 Å². The van der Waals surface area contributed by atoms with E-state index in [9.17, 15) is 4.79 Å². The summed E-state index contributed by atoms with van der Waals surface area (Å²) in [6.07, 6.45) is 6.36. The van der Waals surface area contributed by atoms with Crippen molar-refractivity contribution in [2.24, 2.45) is 7.05 Å². The van der Waals surface area contributed by atoms with Gasteiger partial charge in [-0.25, -0.2) is 4.68 Å². The Morgan fingerprint density at radius 3 is 2.67 bits per heavy atom. The third kappa shape index (κ3) is 4.39. The molecule has 0 aliphatic rings. The Morgan fingerprint density at radius 2 is 1.85 bits per heavy atom. The number of aryl methyl sites for hydroxylation is 3. The van der Waals surface area contributed by atoms with Gasteiger partial charge < -0.3 is 4.74 Å². The third-order valence-corrected chi connectivity index (χ3v) is 5.63. The highest BCUT2D eigenvalue weighted by atomic mass is 16.5. The van der Waals surface area contributed by atoms with Gasteiger partial charge in [-0.05, 0) is 48.4 Å². The van der Waals surface area contributed by atoms with Gasteiger partial charge in [0.25, 0.3) is 5.56 Å². The Labute approximate surface area is 190 Å². The minimum Gasteiger partial charge on any atom is -0.497 e. The molecule has 3 aromatic heterocycles. The van der Waals surface area contributed by atoms with Gasteiger partial charge in [0.1, 0.15) is 5.75 Å². The molecule has 5 aromatic rings. The Balaban J connectivity index is 1.39. The monoisotopic (exact) mass is 437 g/mol. The number of hydrogen-bond donors (Lipinski definition) is 0. The summed E-state index contributed by atoms with van der Waals surface area (Å²) in [5.41, 5.74) is 5.62. The minimum atomic E-state index is -0.122. The van der Waals surface area contributed by atoms with Crippen LogP contribution in [0.15, 0.2) is 84.0 Å². The van der Waals surface area contributed by atoms with Gasteiger partial charge >= 0.3 is 0 Å². The first-order valence-corrected chi connectivity index (χ1v) is 10.7. The zero-order chi connectivity index (χ0) is 22.8. The summed E-state index contributed by atoms with van der Waals surface area (Å²) >= 11 is 0. The maximum Gasteiger partial charge on any atom is 0.266 e. The lowest BCUT2D eigenvalue weighted by Gasteiger charge is -2.09. The van der Waals surface area contributed by atoms with Crippen LogP contribution in [-0.4, -0.2) is 31.7 Å². The molecule has 0 N–H and O–H groups in total. The van der Waals surface area contributed by atoms with E-state index in [1.54, 1.807) is 23.9 Å². The molecule has 164 valence electrons. The highest BCUT2D eigenvalue weighted by Crippen LogP contribution is 2.24. The zero-order valence-corrected chi connectivity index (χ0v) is 18.5. The SMILES string of the molecule is COc1cccc(-c2ccc(=O)n(CCc3ccc4ncc(-c5cnn(C)c5)cc4c3)n2)c1. The molecule has 2 aromatic carbocycles. The van der Waals surface area contributed by atoms with E-state index in [1.165, 1.54) is 4.68 Å². The van der Waals surface area contributed by atoms with E-state index in [1.807, 2.05) is 56.0 Å². The summed E-state index contributed by atoms with van der Waals surface area (Å²) in [4.78, 5) is 17.0. The van der Waals surface area contributed by atoms with Crippen molar-refractivity contribution in [1.29, 1.82) is 0 Å². The first kappa shape index (κ1) is 20.6. The van der Waals surface area contributed by atoms with E-state index >= 15 is 0 Å². The number of hydrogen-bond acceptors (Lipinski definition) is 5. The lowest BCUT2D eigenvalue weighted by atomic mass is 10.1. The van der Waals surface area contributed by atoms with E-state index < -0.39 is 0 Å². The Bertz CT molecular complexity index is 1500. The summed E-state index contributed by atoms with van der Waals surface area (Å²) in [5.74, 6) is 0.752. The van der Waals surface area contributed by atoms with Crippen molar-refractivity contribution in [1.82, 2.24) is 24.5 Å². The van der Waals surface area contributed by atoms with Crippen LogP contribution in [0.1, 0.15) is 5.56 Å². The molecule has 0 fully saturated rings. The van der Waals surface area contributed by atoms with Crippen molar-refractivity contribution < 1.29 is 4.74 Å². The van der Waals surface area contributed by atoms with Crippen molar-refractivity contribution in [3.05, 3.63) is 95.2 Å². The second-order valence-corrected chi connectivity index (χ2v) is 7.92. The summed E-state index contributed by atoms with van der Waals surface area (Å²) in [6.45, 7) is 0.484. The number of pyridine rings is 1. The van der Waals surface area contributed by atoms with Crippen LogP contribution in [0.4, 0.5) is 0 Å². The van der Waals surface area contributed by atoms with E-state index in [0.29, 0.717) is 13.0 Å². The van der Waals surface area contributed by atoms with Crippen LogP contribution in [0.5, 0.6) is 5.75 Å². The molecule has 0 bridgehead atoms. The van der Waals surface area contributed by atoms with Gasteiger partial charge in [0, 0.05) is 54.1 Å². The fraction of sp³-hybridized carbons (Fsp3) is 0.154. The van der Waals surface area contributed by atoms with Crippen LogP contribution in [0, 0.1) is 0 Å². The maximum absolute atomic E-state index is 12.4. The summed E-state index contributed by atoms with van der Waals surface area (Å²) in [6, 6.07) is 19.3. The Morgan fingerprint density at radius 1 is 0.939 bits per heavy atom. The summed E-state index contributed by atoms with van der Waals surface area (Å²) in [5, 5.41) is 9.88. The molecule has 0 aliphatic carbocycles. The Hall–Kier alpha value is -4.26. The number of rotatable bonds is 6. The molecule has 0 spiro atoms. The molecule has 0 saturated heterocycles. The molecule has 7 heteroatoms. The fourth-order valence-corrected chi connectivity index (χ4v) is 3.85. The molecule has 0 amide bonds. The zero-order valence-electron chi connectivity index (χ0n) is 18.5. The third-order valence-electron chi connectivity index (χ3n) is 5.63. The highest BCUT2D eigenvalue weighted by molar-refractivity contribution is 5.83. The molecule has 0 unspecified atom stereocenters. The maximum atomic E-state index is 12.4. The fourth-order valence-electron chi connectivity index (χ4n) is 3.85. The molecule has 5 rings (SSSR count). The first-order valence-electron chi connectivity index (χ1n) is 10.7. The average molecular weight is 438 g/mol. The second kappa shape index (κ2) is 8.70. The topological polar surface area (TPSA) is 74.8 Å². The van der Waals surface area contributed by atoms with Crippen molar-refractivity contribution in [2.75, 3.05) is 7.11 Å². The minimum absolute atomic E-state index is 0.122. The molecule has 0 aliphatic heterocycles. The van der Waals surface area contributed by atoms with Crippen molar-refractivity contribution in [3.8, 4) is 28.1 Å². The molecule has 3 heterocycles. The highest BCUT2D eigenvalue weighted by Gasteiger charge is 2.07. The number of ether oxygens (including phenoxy) is 1. The van der Waals surface area contributed by atoms with Gasteiger partial charge in [0.15, 0.2) is 0 Å². The Kier molecular flexibility index (Phi) is 5.44. The van der Waals surface area contributed by atoms with Crippen LogP contribution >= 0.6 is 0 Å². The van der Waals surface area contributed by atoms with Crippen LogP contribution < -0.4 is 10.3 Å². The number of fused-ring (bicyclic) bond motifs is 1. The number of methoxy groups -OCH3 is 1. The quantitative estimate of drug-likeness (QED) is 0.400. The molecule has 0 atom stereocenters. The van der Waals surface area contributed by atoms with Gasteiger partial charge in [0.05, 0.1) is 24.5 Å². The smallest absolute Gasteiger partial charge is 0.266 e. The lowest BCUT2D eigenvalue weighted by molar-refractivity contribution is 0.415. The number of aromatic nitrogens is 5. The van der Waals surface area contributed by atoms with Crippen LogP contribution in [0.25, 0.3) is 33.3 Å². The van der Waals surface area contributed by atoms with E-state index in [2.05, 4.69) is 33.4 Å². The molecule has 0 saturated carbocycles. The van der Waals surface area contributed by atoms with Crippen molar-refractivity contribution in [3.63, 3.8) is 0 Å². The molecule has 7 nitrogen and oxygen atoms in total. The molecule has 33 heavy (non-hydrogen) atoms. The normalized spacial score (nSPS) is 11.1. The van der Waals surface area contributed by atoms with Crippen molar-refractivity contribution in [2.45, 2.75) is 13.0 Å². The van der Waals surface area contributed by atoms with Crippen LogP contribution in [-0.2, 0) is 20.0 Å². The largest absolute Gasteiger partial charge is 0.497 e. The van der Waals surface area contributed by atoms with Gasteiger partial charge in [-0.15, -0.1) is 0 Å². The van der Waals surface area contributed by atoms with E-state index in [-0.39, 0.29) is 5.56 Å². The number of nitrogens with zero attached hydrogens (tertiary/aromatic N) is 5. The van der Waals surface area contributed by atoms with Crippen LogP contribution in [0.2, 0.25) is 0 Å². The van der Waals surface area contributed by atoms with Gasteiger partial charge in [-0.2, -0.15) is 10.2 Å². The predicted octanol–water partition coefficient (Wildman–Crippen LogP) is 4.11. The molecular formula is C26H23N5O2. The average Bonchev–Trinajstić information content (AvgIpc) is 3.29. The van der Waals surface area contributed by atoms with Gasteiger partial charge in [0.2, 0.25) is 0 Å². The van der Waals surface area contributed by atoms with E-state index in [0.717, 1.165) is 44.6 Å². The predicted molar refractivity (Wildman–Crippen MR) is 128 cm³/mol. The summed E-state index contributed by atoms with van der Waals surface area (Å²) < 4.78 is 8.60. The van der Waals surface area contributed by atoms with Gasteiger partial charge in [-0.3, -0.25) is 14.5 Å². The molecule has 0 radical (unpaired) electrons. The van der Waals surface area contributed by atoms with E-state index in [4.69, 9.17) is 4.74 Å². The first-order chi connectivity index (χ1) is 16.1. The number of benzene rings is 2. The standard InChI is InChI=1S/C26H23N5O2/c1-30-17-22(16-28-30)21-13-20-12-18(6-7-24(20)27-15-21)10-11-31-26(32)9-8-25(29-31)19-4-3-5-23(14-19)33-2/h3-9,12-17H,10-11H2,1-2H3. The summed E-state index contributed by atoms with van der Waals surface area (Å²) in [7, 11) is 3.53. The lowest BCUT2D eigenvalue weighted by Crippen LogP contribution is -2.23. The van der Waals surface area contributed by atoms with Crippen molar-refractivity contribution >= 4 is 10.9 Å². The second-order valence-electron chi connectivity index (χ2n) is 7.92. The molecular weight excluding hydrogens is 414 g/mol.